The molecule has 0 aromatic heterocycles. The number of methoxy groups -OCH3 is 2. The molecule has 0 unspecified atom stereocenters. The van der Waals surface area contributed by atoms with Crippen molar-refractivity contribution >= 4 is 5.91 Å². The van der Waals surface area contributed by atoms with Crippen LogP contribution in [-0.2, 0) is 19.1 Å². The first-order chi connectivity index (χ1) is 8.25. The van der Waals surface area contributed by atoms with Gasteiger partial charge in [-0.2, -0.15) is 0 Å². The highest BCUT2D eigenvalue weighted by atomic mass is 16.7. The molecule has 0 aromatic carbocycles. The van der Waals surface area contributed by atoms with Crippen LogP contribution < -0.4 is 10.8 Å². The van der Waals surface area contributed by atoms with Crippen molar-refractivity contribution in [2.24, 2.45) is 5.41 Å². The number of rotatable bonds is 7. The molecule has 1 saturated heterocycles. The van der Waals surface area contributed by atoms with Gasteiger partial charge in [0.25, 0.3) is 5.91 Å². The number of ether oxygens (including phenoxy) is 2. The van der Waals surface area contributed by atoms with E-state index in [2.05, 4.69) is 10.8 Å². The van der Waals surface area contributed by atoms with Gasteiger partial charge in [-0.3, -0.25) is 9.63 Å². The van der Waals surface area contributed by atoms with Crippen LogP contribution in [-0.4, -0.2) is 53.0 Å². The molecular weight excluding hydrogens is 224 g/mol. The lowest BCUT2D eigenvalue weighted by molar-refractivity contribution is -0.150. The highest BCUT2D eigenvalue weighted by Gasteiger charge is 2.39. The van der Waals surface area contributed by atoms with Crippen molar-refractivity contribution in [3.05, 3.63) is 0 Å². The van der Waals surface area contributed by atoms with Gasteiger partial charge in [0.2, 0.25) is 0 Å². The maximum absolute atomic E-state index is 12.1. The van der Waals surface area contributed by atoms with Gasteiger partial charge < -0.3 is 14.8 Å². The van der Waals surface area contributed by atoms with Crippen LogP contribution in [0.15, 0.2) is 0 Å². The van der Waals surface area contributed by atoms with Gasteiger partial charge in [0.05, 0.1) is 25.2 Å². The average Bonchev–Trinajstić information content (AvgIpc) is 2.36. The highest BCUT2D eigenvalue weighted by molar-refractivity contribution is 5.82. The third-order valence-electron chi connectivity index (χ3n) is 3.02. The number of hydrogen-bond acceptors (Lipinski definition) is 5. The summed E-state index contributed by atoms with van der Waals surface area (Å²) in [5, 5.41) is 3.23. The third kappa shape index (κ3) is 4.23. The molecule has 0 aliphatic carbocycles. The van der Waals surface area contributed by atoms with Crippen molar-refractivity contribution in [2.45, 2.75) is 12.8 Å². The minimum absolute atomic E-state index is 0.100. The molecule has 0 bridgehead atoms. The molecule has 6 heteroatoms. The fourth-order valence-electron chi connectivity index (χ4n) is 1.97. The topological polar surface area (TPSA) is 68.8 Å². The molecule has 0 radical (unpaired) electrons. The smallest absolute Gasteiger partial charge is 0.252 e. The monoisotopic (exact) mass is 246 g/mol. The lowest BCUT2D eigenvalue weighted by Gasteiger charge is -2.35. The molecule has 1 rings (SSSR count). The Morgan fingerprint density at radius 1 is 1.24 bits per heavy atom. The second-order valence-electron chi connectivity index (χ2n) is 4.24. The lowest BCUT2D eigenvalue weighted by Crippen LogP contribution is -2.50. The average molecular weight is 246 g/mol. The van der Waals surface area contributed by atoms with Gasteiger partial charge in [-0.15, -0.1) is 0 Å². The van der Waals surface area contributed by atoms with E-state index in [-0.39, 0.29) is 5.91 Å². The number of hydroxylamine groups is 1. The quantitative estimate of drug-likeness (QED) is 0.477. The summed E-state index contributed by atoms with van der Waals surface area (Å²) in [6, 6.07) is 0. The second kappa shape index (κ2) is 7.60. The van der Waals surface area contributed by atoms with E-state index in [9.17, 15) is 4.79 Å². The lowest BCUT2D eigenvalue weighted by atomic mass is 9.79. The van der Waals surface area contributed by atoms with Crippen molar-refractivity contribution in [2.75, 3.05) is 47.1 Å². The van der Waals surface area contributed by atoms with Gasteiger partial charge in [0.1, 0.15) is 0 Å². The number of carbonyl (C=O) groups excluding carboxylic acids is 1. The normalized spacial score (nSPS) is 18.9. The largest absolute Gasteiger partial charge is 0.384 e. The van der Waals surface area contributed by atoms with E-state index in [1.807, 2.05) is 0 Å². The molecule has 100 valence electrons. The van der Waals surface area contributed by atoms with Gasteiger partial charge in [0.15, 0.2) is 0 Å². The van der Waals surface area contributed by atoms with Crippen LogP contribution in [0.25, 0.3) is 0 Å². The molecular formula is C11H22N2O4. The second-order valence-corrected chi connectivity index (χ2v) is 4.24. The molecule has 17 heavy (non-hydrogen) atoms. The van der Waals surface area contributed by atoms with E-state index in [0.29, 0.717) is 19.8 Å². The number of nitrogens with one attached hydrogen (secondary N) is 2. The number of amides is 1. The van der Waals surface area contributed by atoms with Crippen LogP contribution in [0.1, 0.15) is 12.8 Å². The van der Waals surface area contributed by atoms with Crippen LogP contribution in [0.4, 0.5) is 0 Å². The van der Waals surface area contributed by atoms with E-state index >= 15 is 0 Å². The van der Waals surface area contributed by atoms with E-state index in [0.717, 1.165) is 25.9 Å². The summed E-state index contributed by atoms with van der Waals surface area (Å²) in [6.45, 7) is 2.89. The van der Waals surface area contributed by atoms with E-state index < -0.39 is 5.41 Å². The predicted octanol–water partition coefficient (Wildman–Crippen LogP) is -0.303. The molecule has 1 fully saturated rings. The van der Waals surface area contributed by atoms with Crippen molar-refractivity contribution in [1.82, 2.24) is 10.8 Å². The summed E-state index contributed by atoms with van der Waals surface area (Å²) in [7, 11) is 3.20. The summed E-state index contributed by atoms with van der Waals surface area (Å²) in [5.41, 5.74) is 2.02. The fourth-order valence-corrected chi connectivity index (χ4v) is 1.97. The standard InChI is InChI=1S/C11H22N2O4/c1-15-7-8-17-13-10(14)11(9-16-2)3-5-12-6-4-11/h12H,3-9H2,1-2H3,(H,13,14). The summed E-state index contributed by atoms with van der Waals surface area (Å²) >= 11 is 0. The third-order valence-corrected chi connectivity index (χ3v) is 3.02. The Hall–Kier alpha value is -0.690. The summed E-state index contributed by atoms with van der Waals surface area (Å²) in [5.74, 6) is -0.100. The van der Waals surface area contributed by atoms with E-state index in [1.165, 1.54) is 0 Å². The SMILES string of the molecule is COCCONC(=O)C1(COC)CCNCC1. The van der Waals surface area contributed by atoms with Gasteiger partial charge in [-0.05, 0) is 25.9 Å². The summed E-state index contributed by atoms with van der Waals surface area (Å²) in [4.78, 5) is 17.1. The first-order valence-corrected chi connectivity index (χ1v) is 5.86. The van der Waals surface area contributed by atoms with E-state index in [1.54, 1.807) is 14.2 Å². The molecule has 0 saturated carbocycles. The van der Waals surface area contributed by atoms with Crippen molar-refractivity contribution < 1.29 is 19.1 Å². The molecule has 0 spiro atoms. The fraction of sp³-hybridized carbons (Fsp3) is 0.909. The molecule has 0 aromatic rings. The number of piperidine rings is 1. The Morgan fingerprint density at radius 3 is 2.53 bits per heavy atom. The Balaban J connectivity index is 2.42. The van der Waals surface area contributed by atoms with Crippen LogP contribution in [0, 0.1) is 5.41 Å². The first kappa shape index (κ1) is 14.4. The molecule has 2 N–H and O–H groups in total. The molecule has 1 aliphatic rings. The zero-order valence-corrected chi connectivity index (χ0v) is 10.6. The zero-order chi connectivity index (χ0) is 12.6. The Bertz CT molecular complexity index is 224. The van der Waals surface area contributed by atoms with Crippen molar-refractivity contribution in [3.8, 4) is 0 Å². The van der Waals surface area contributed by atoms with Crippen LogP contribution >= 0.6 is 0 Å². The molecule has 1 amide bonds. The van der Waals surface area contributed by atoms with Crippen molar-refractivity contribution in [3.63, 3.8) is 0 Å². The maximum atomic E-state index is 12.1. The van der Waals surface area contributed by atoms with Gasteiger partial charge in [-0.25, -0.2) is 5.48 Å². The molecule has 1 aliphatic heterocycles. The minimum Gasteiger partial charge on any atom is -0.384 e. The van der Waals surface area contributed by atoms with Crippen LogP contribution in [0.5, 0.6) is 0 Å². The predicted molar refractivity (Wildman–Crippen MR) is 62.4 cm³/mol. The van der Waals surface area contributed by atoms with E-state index in [4.69, 9.17) is 14.3 Å². The number of hydrogen-bond donors (Lipinski definition) is 2. The summed E-state index contributed by atoms with van der Waals surface area (Å²) < 4.78 is 10.00. The molecule has 6 nitrogen and oxygen atoms in total. The number of carbonyl (C=O) groups is 1. The first-order valence-electron chi connectivity index (χ1n) is 5.86. The molecule has 0 atom stereocenters. The van der Waals surface area contributed by atoms with Gasteiger partial charge in [0, 0.05) is 14.2 Å². The minimum atomic E-state index is -0.465. The van der Waals surface area contributed by atoms with Gasteiger partial charge in [-0.1, -0.05) is 0 Å². The van der Waals surface area contributed by atoms with Gasteiger partial charge >= 0.3 is 0 Å². The van der Waals surface area contributed by atoms with Crippen LogP contribution in [0.3, 0.4) is 0 Å². The Morgan fingerprint density at radius 2 is 1.94 bits per heavy atom. The zero-order valence-electron chi connectivity index (χ0n) is 10.6. The Labute approximate surface area is 102 Å². The highest BCUT2D eigenvalue weighted by Crippen LogP contribution is 2.29. The molecule has 1 heterocycles. The maximum Gasteiger partial charge on any atom is 0.252 e. The van der Waals surface area contributed by atoms with Crippen molar-refractivity contribution in [1.29, 1.82) is 0 Å². The van der Waals surface area contributed by atoms with Crippen LogP contribution in [0.2, 0.25) is 0 Å². The Kier molecular flexibility index (Phi) is 6.43. The summed E-state index contributed by atoms with van der Waals surface area (Å²) in [6.07, 6.45) is 1.53.